The number of hydrogen-bond acceptors (Lipinski definition) is 3. The zero-order valence-electron chi connectivity index (χ0n) is 41.4. The number of benzene rings is 12. The van der Waals surface area contributed by atoms with Gasteiger partial charge in [0.1, 0.15) is 11.2 Å². The Morgan fingerprint density at radius 3 is 1.55 bits per heavy atom. The lowest BCUT2D eigenvalue weighted by Crippen LogP contribution is -2.29. The molecule has 0 amide bonds. The standard InChI is InChI=1S/C73H46N2O/c1-3-20-47(21-4-1)48-38-40-50(41-39-48)74(69-36-19-32-60-54-26-9-8-25-53(54)58-30-13-17-35-68(58)75(72(60)69)49-22-5-2-6-23-49)51-42-43-66-61(44-51)55-27-10-7-24-52(55)56-28-11-15-33-64(56)73(66)65-34-16-12-29-57(65)62-45-63-59-31-14-18-37-70(59)76-71(63)46-67(62)73/h1-46H. The third kappa shape index (κ3) is 6.05. The summed E-state index contributed by atoms with van der Waals surface area (Å²) in [4.78, 5) is 4.99. The van der Waals surface area contributed by atoms with Gasteiger partial charge < -0.3 is 14.2 Å². The zero-order chi connectivity index (χ0) is 49.9. The number of furan rings is 1. The van der Waals surface area contributed by atoms with Crippen LogP contribution < -0.4 is 9.80 Å². The molecule has 2 heterocycles. The van der Waals surface area contributed by atoms with Crippen molar-refractivity contribution in [1.29, 1.82) is 0 Å². The van der Waals surface area contributed by atoms with E-state index in [1.165, 1.54) is 77.9 Å². The summed E-state index contributed by atoms with van der Waals surface area (Å²) < 4.78 is 6.79. The molecule has 2 aliphatic carbocycles. The Morgan fingerprint density at radius 1 is 0.303 bits per heavy atom. The predicted octanol–water partition coefficient (Wildman–Crippen LogP) is 19.9. The summed E-state index contributed by atoms with van der Waals surface area (Å²) in [6.45, 7) is 0. The molecule has 1 spiro atoms. The maximum atomic E-state index is 6.79. The van der Waals surface area contributed by atoms with E-state index < -0.39 is 5.41 Å². The molecule has 0 fully saturated rings. The lowest BCUT2D eigenvalue weighted by molar-refractivity contribution is 0.666. The van der Waals surface area contributed by atoms with Crippen LogP contribution in [0.15, 0.2) is 283 Å². The van der Waals surface area contributed by atoms with Crippen LogP contribution in [0.25, 0.3) is 88.7 Å². The van der Waals surface area contributed by atoms with Gasteiger partial charge in [-0.05, 0) is 145 Å². The Labute approximate surface area is 441 Å². The fraction of sp³-hybridized carbons (Fsp3) is 0.0137. The van der Waals surface area contributed by atoms with Crippen LogP contribution in [0.2, 0.25) is 0 Å². The smallest absolute Gasteiger partial charge is 0.135 e. The van der Waals surface area contributed by atoms with E-state index in [-0.39, 0.29) is 0 Å². The van der Waals surface area contributed by atoms with Gasteiger partial charge in [-0.25, -0.2) is 0 Å². The highest BCUT2D eigenvalue weighted by molar-refractivity contribution is 6.10. The molecule has 16 rings (SSSR count). The summed E-state index contributed by atoms with van der Waals surface area (Å²) in [5, 5.41) is 2.26. The van der Waals surface area contributed by atoms with Crippen molar-refractivity contribution in [3.05, 3.63) is 301 Å². The average molecular weight is 967 g/mol. The fourth-order valence-corrected chi connectivity index (χ4v) is 13.3. The molecule has 3 nitrogen and oxygen atoms in total. The number of hydrogen-bond donors (Lipinski definition) is 0. The second-order valence-electron chi connectivity index (χ2n) is 20.3. The van der Waals surface area contributed by atoms with Crippen molar-refractivity contribution in [1.82, 2.24) is 0 Å². The van der Waals surface area contributed by atoms with Gasteiger partial charge in [-0.3, -0.25) is 0 Å². The summed E-state index contributed by atoms with van der Waals surface area (Å²) >= 11 is 0. The summed E-state index contributed by atoms with van der Waals surface area (Å²) in [6.07, 6.45) is 0. The Balaban J connectivity index is 1.01. The molecule has 0 N–H and O–H groups in total. The van der Waals surface area contributed by atoms with Gasteiger partial charge in [-0.15, -0.1) is 0 Å². The first-order valence-electron chi connectivity index (χ1n) is 26.2. The molecule has 0 radical (unpaired) electrons. The van der Waals surface area contributed by atoms with Gasteiger partial charge in [0.2, 0.25) is 0 Å². The first-order valence-corrected chi connectivity index (χ1v) is 26.2. The van der Waals surface area contributed by atoms with E-state index in [4.69, 9.17) is 4.42 Å². The first kappa shape index (κ1) is 42.5. The van der Waals surface area contributed by atoms with Crippen molar-refractivity contribution >= 4 is 56.1 Å². The summed E-state index contributed by atoms with van der Waals surface area (Å²) in [5.41, 5.74) is 26.9. The van der Waals surface area contributed by atoms with Crippen LogP contribution in [0, 0.1) is 0 Å². The van der Waals surface area contributed by atoms with E-state index in [0.717, 1.165) is 67.2 Å². The number of rotatable bonds is 5. The molecular weight excluding hydrogens is 921 g/mol. The Bertz CT molecular complexity index is 4480. The van der Waals surface area contributed by atoms with E-state index in [9.17, 15) is 0 Å². The average Bonchev–Trinajstić information content (AvgIpc) is 4.15. The second kappa shape index (κ2) is 16.5. The van der Waals surface area contributed by atoms with Gasteiger partial charge in [0.25, 0.3) is 0 Å². The largest absolute Gasteiger partial charge is 0.456 e. The normalized spacial score (nSPS) is 14.3. The Kier molecular flexibility index (Phi) is 9.25. The van der Waals surface area contributed by atoms with Crippen LogP contribution in [0.4, 0.5) is 34.1 Å². The molecule has 76 heavy (non-hydrogen) atoms. The topological polar surface area (TPSA) is 19.6 Å². The minimum atomic E-state index is -0.702. The molecule has 354 valence electrons. The van der Waals surface area contributed by atoms with Crippen molar-refractivity contribution in [2.45, 2.75) is 5.41 Å². The van der Waals surface area contributed by atoms with Crippen LogP contribution in [-0.2, 0) is 5.41 Å². The highest BCUT2D eigenvalue weighted by Gasteiger charge is 2.50. The van der Waals surface area contributed by atoms with E-state index in [1.54, 1.807) is 0 Å². The Morgan fingerprint density at radius 2 is 0.816 bits per heavy atom. The van der Waals surface area contributed by atoms with E-state index in [0.29, 0.717) is 0 Å². The van der Waals surface area contributed by atoms with Crippen molar-refractivity contribution in [3.8, 4) is 66.8 Å². The van der Waals surface area contributed by atoms with Crippen LogP contribution in [-0.4, -0.2) is 0 Å². The molecule has 3 aliphatic rings. The van der Waals surface area contributed by atoms with E-state index in [1.807, 2.05) is 0 Å². The maximum Gasteiger partial charge on any atom is 0.135 e. The molecule has 0 bridgehead atoms. The molecule has 13 aromatic rings. The molecule has 12 aromatic carbocycles. The zero-order valence-corrected chi connectivity index (χ0v) is 41.4. The van der Waals surface area contributed by atoms with Gasteiger partial charge in [-0.1, -0.05) is 212 Å². The van der Waals surface area contributed by atoms with Gasteiger partial charge in [0.15, 0.2) is 0 Å². The molecule has 1 aliphatic heterocycles. The number of anilines is 6. The monoisotopic (exact) mass is 966 g/mol. The van der Waals surface area contributed by atoms with Crippen LogP contribution >= 0.6 is 0 Å². The summed E-state index contributed by atoms with van der Waals surface area (Å²) in [6, 6.07) is 103. The van der Waals surface area contributed by atoms with Gasteiger partial charge in [0.05, 0.1) is 22.5 Å². The van der Waals surface area contributed by atoms with Crippen molar-refractivity contribution < 1.29 is 4.42 Å². The van der Waals surface area contributed by atoms with Gasteiger partial charge in [0, 0.05) is 39.0 Å². The van der Waals surface area contributed by atoms with Crippen LogP contribution in [0.1, 0.15) is 22.3 Å². The molecule has 0 saturated heterocycles. The van der Waals surface area contributed by atoms with Crippen molar-refractivity contribution in [2.75, 3.05) is 9.80 Å². The van der Waals surface area contributed by atoms with Gasteiger partial charge >= 0.3 is 0 Å². The van der Waals surface area contributed by atoms with Crippen LogP contribution in [0.3, 0.4) is 0 Å². The molecule has 1 atom stereocenters. The minimum Gasteiger partial charge on any atom is -0.456 e. The highest BCUT2D eigenvalue weighted by atomic mass is 16.3. The van der Waals surface area contributed by atoms with Crippen molar-refractivity contribution in [3.63, 3.8) is 0 Å². The first-order chi connectivity index (χ1) is 37.7. The van der Waals surface area contributed by atoms with Crippen LogP contribution in [0.5, 0.6) is 0 Å². The maximum absolute atomic E-state index is 6.79. The number of fused-ring (bicyclic) bond motifs is 20. The second-order valence-corrected chi connectivity index (χ2v) is 20.3. The quantitative estimate of drug-likeness (QED) is 0.171. The lowest BCUT2D eigenvalue weighted by atomic mass is 9.66. The lowest BCUT2D eigenvalue weighted by Gasteiger charge is -2.37. The fourth-order valence-electron chi connectivity index (χ4n) is 13.3. The van der Waals surface area contributed by atoms with Crippen molar-refractivity contribution in [2.24, 2.45) is 0 Å². The third-order valence-corrected chi connectivity index (χ3v) is 16.4. The Hall–Kier alpha value is -9.96. The molecule has 1 unspecified atom stereocenters. The SMILES string of the molecule is c1ccc(-c2ccc(N(c3ccc4c(c3)-c3ccccc3-c3ccccc3C43c4ccccc4-c4cc5c(cc43)oc3ccccc35)c3cccc4c3N(c3ccccc3)c3ccccc3-c3ccccc3-4)cc2)cc1. The number of para-hydroxylation sites is 4. The molecular formula is C73H46N2O. The predicted molar refractivity (Wildman–Crippen MR) is 315 cm³/mol. The summed E-state index contributed by atoms with van der Waals surface area (Å²) in [5.74, 6) is 0. The molecule has 3 heteroatoms. The number of nitrogens with zero attached hydrogens (tertiary/aromatic N) is 2. The highest BCUT2D eigenvalue weighted by Crippen LogP contribution is 2.63. The van der Waals surface area contributed by atoms with E-state index in [2.05, 4.69) is 289 Å². The minimum absolute atomic E-state index is 0.702. The summed E-state index contributed by atoms with van der Waals surface area (Å²) in [7, 11) is 0. The molecule has 0 saturated carbocycles. The van der Waals surface area contributed by atoms with E-state index >= 15 is 0 Å². The molecule has 1 aromatic heterocycles. The third-order valence-electron chi connectivity index (χ3n) is 16.4. The van der Waals surface area contributed by atoms with Gasteiger partial charge in [-0.2, -0.15) is 0 Å².